The molecular weight excluding hydrogens is 442 g/mol. The van der Waals surface area contributed by atoms with Gasteiger partial charge in [0.1, 0.15) is 5.82 Å². The zero-order chi connectivity index (χ0) is 24.0. The fourth-order valence-electron chi connectivity index (χ4n) is 4.40. The summed E-state index contributed by atoms with van der Waals surface area (Å²) in [6, 6.07) is 8.41. The molecule has 2 aliphatic rings. The zero-order valence-electron chi connectivity index (χ0n) is 20.5. The van der Waals surface area contributed by atoms with Crippen molar-refractivity contribution in [1.29, 1.82) is 0 Å². The minimum atomic E-state index is 0.292. The summed E-state index contributed by atoms with van der Waals surface area (Å²) in [5, 5.41) is 6.76. The molecule has 0 saturated carbocycles. The van der Waals surface area contributed by atoms with Crippen LogP contribution >= 0.6 is 0 Å². The largest absolute Gasteiger partial charge is 0.477 e. The van der Waals surface area contributed by atoms with E-state index in [2.05, 4.69) is 39.3 Å². The number of ether oxygens (including phenoxy) is 2. The van der Waals surface area contributed by atoms with Crippen LogP contribution in [0.2, 0.25) is 0 Å². The first kappa shape index (κ1) is 23.4. The van der Waals surface area contributed by atoms with Crippen LogP contribution in [0.3, 0.4) is 0 Å². The highest BCUT2D eigenvalue weighted by atomic mass is 16.5. The Morgan fingerprint density at radius 2 is 2.06 bits per heavy atom. The molecule has 2 aliphatic heterocycles. The van der Waals surface area contributed by atoms with Crippen molar-refractivity contribution in [1.82, 2.24) is 25.3 Å². The summed E-state index contributed by atoms with van der Waals surface area (Å²) in [5.74, 6) is 2.98. The summed E-state index contributed by atoms with van der Waals surface area (Å²) < 4.78 is 11.3. The summed E-state index contributed by atoms with van der Waals surface area (Å²) >= 11 is 0. The average Bonchev–Trinajstić information content (AvgIpc) is 2.89. The predicted octanol–water partition coefficient (Wildman–Crippen LogP) is 3.73. The number of morpholine rings is 1. The standard InChI is InChI=1S/C26H33N7O2/c1-3-4-12-35-24-16-28-15-23(31-24)29-20-7-5-19(6-8-20)25-30-22-14-27-10-9-21(22)26(32-25)33-11-13-34-17-18(33)2/h5-8,15-16,18,27H,3-4,9-14,17H2,1-2H3,(H,29,31)/t18-/m0/s1. The lowest BCUT2D eigenvalue weighted by molar-refractivity contribution is 0.0984. The number of anilines is 3. The number of nitrogens with zero attached hydrogens (tertiary/aromatic N) is 5. The monoisotopic (exact) mass is 475 g/mol. The van der Waals surface area contributed by atoms with E-state index in [0.29, 0.717) is 24.3 Å². The van der Waals surface area contributed by atoms with E-state index < -0.39 is 0 Å². The van der Waals surface area contributed by atoms with Gasteiger partial charge in [0.15, 0.2) is 11.6 Å². The lowest BCUT2D eigenvalue weighted by Gasteiger charge is -2.36. The van der Waals surface area contributed by atoms with Crippen LogP contribution in [0.5, 0.6) is 5.88 Å². The number of nitrogens with one attached hydrogen (secondary N) is 2. The Morgan fingerprint density at radius 1 is 1.17 bits per heavy atom. The van der Waals surface area contributed by atoms with Gasteiger partial charge in [0, 0.05) is 29.9 Å². The van der Waals surface area contributed by atoms with Gasteiger partial charge in [0.2, 0.25) is 5.88 Å². The highest BCUT2D eigenvalue weighted by Gasteiger charge is 2.27. The van der Waals surface area contributed by atoms with Crippen LogP contribution in [0.25, 0.3) is 11.4 Å². The molecule has 0 spiro atoms. The summed E-state index contributed by atoms with van der Waals surface area (Å²) in [7, 11) is 0. The molecule has 3 aromatic rings. The van der Waals surface area contributed by atoms with Crippen molar-refractivity contribution in [3.63, 3.8) is 0 Å². The van der Waals surface area contributed by atoms with Crippen LogP contribution in [0.4, 0.5) is 17.3 Å². The third kappa shape index (κ3) is 5.52. The van der Waals surface area contributed by atoms with Crippen LogP contribution in [0.15, 0.2) is 36.7 Å². The summed E-state index contributed by atoms with van der Waals surface area (Å²) in [6.45, 7) is 8.99. The number of benzene rings is 1. The Bertz CT molecular complexity index is 1140. The molecule has 0 radical (unpaired) electrons. The first-order chi connectivity index (χ1) is 17.2. The van der Waals surface area contributed by atoms with Gasteiger partial charge in [-0.2, -0.15) is 4.98 Å². The van der Waals surface area contributed by atoms with Crippen molar-refractivity contribution < 1.29 is 9.47 Å². The molecule has 9 heteroatoms. The Labute approximate surface area is 206 Å². The van der Waals surface area contributed by atoms with Crippen LogP contribution in [0, 0.1) is 0 Å². The smallest absolute Gasteiger partial charge is 0.234 e. The van der Waals surface area contributed by atoms with Gasteiger partial charge in [0.25, 0.3) is 0 Å². The summed E-state index contributed by atoms with van der Waals surface area (Å²) in [4.78, 5) is 21.1. The first-order valence-corrected chi connectivity index (χ1v) is 12.5. The van der Waals surface area contributed by atoms with Crippen molar-refractivity contribution in [2.75, 3.05) is 43.1 Å². The van der Waals surface area contributed by atoms with Gasteiger partial charge in [-0.15, -0.1) is 0 Å². The fraction of sp³-hybridized carbons (Fsp3) is 0.462. The van der Waals surface area contributed by atoms with Gasteiger partial charge in [0.05, 0.1) is 44.0 Å². The molecule has 184 valence electrons. The van der Waals surface area contributed by atoms with E-state index in [-0.39, 0.29) is 0 Å². The van der Waals surface area contributed by atoms with Gasteiger partial charge >= 0.3 is 0 Å². The third-order valence-corrected chi connectivity index (χ3v) is 6.33. The molecule has 35 heavy (non-hydrogen) atoms. The Balaban J connectivity index is 1.36. The van der Waals surface area contributed by atoms with Gasteiger partial charge in [-0.3, -0.25) is 4.98 Å². The predicted molar refractivity (Wildman–Crippen MR) is 136 cm³/mol. The van der Waals surface area contributed by atoms with Crippen LogP contribution in [-0.4, -0.2) is 58.9 Å². The van der Waals surface area contributed by atoms with Crippen molar-refractivity contribution in [3.05, 3.63) is 47.9 Å². The van der Waals surface area contributed by atoms with E-state index in [9.17, 15) is 0 Å². The number of hydrogen-bond acceptors (Lipinski definition) is 9. The Morgan fingerprint density at radius 3 is 2.89 bits per heavy atom. The van der Waals surface area contributed by atoms with E-state index in [0.717, 1.165) is 80.7 Å². The first-order valence-electron chi connectivity index (χ1n) is 12.5. The molecule has 0 bridgehead atoms. The molecule has 0 unspecified atom stereocenters. The lowest BCUT2D eigenvalue weighted by Crippen LogP contribution is -2.45. The highest BCUT2D eigenvalue weighted by molar-refractivity contribution is 5.65. The number of fused-ring (bicyclic) bond motifs is 1. The Kier molecular flexibility index (Phi) is 7.34. The molecule has 1 saturated heterocycles. The number of unbranched alkanes of at least 4 members (excludes halogenated alkanes) is 1. The average molecular weight is 476 g/mol. The van der Waals surface area contributed by atoms with E-state index in [4.69, 9.17) is 19.4 Å². The van der Waals surface area contributed by atoms with Crippen molar-refractivity contribution in [2.24, 2.45) is 0 Å². The molecule has 0 amide bonds. The highest BCUT2D eigenvalue weighted by Crippen LogP contribution is 2.30. The number of aromatic nitrogens is 4. The molecule has 5 rings (SSSR count). The second kappa shape index (κ2) is 11.0. The van der Waals surface area contributed by atoms with E-state index in [1.165, 1.54) is 5.56 Å². The maximum absolute atomic E-state index is 5.67. The van der Waals surface area contributed by atoms with Crippen LogP contribution in [-0.2, 0) is 17.7 Å². The summed E-state index contributed by atoms with van der Waals surface area (Å²) in [5.41, 5.74) is 4.25. The normalized spacial score (nSPS) is 17.7. The van der Waals surface area contributed by atoms with Crippen LogP contribution < -0.4 is 20.3 Å². The quantitative estimate of drug-likeness (QED) is 0.472. The number of rotatable bonds is 8. The minimum Gasteiger partial charge on any atom is -0.477 e. The van der Waals surface area contributed by atoms with Crippen molar-refractivity contribution >= 4 is 17.3 Å². The maximum Gasteiger partial charge on any atom is 0.234 e. The molecule has 4 heterocycles. The Hall–Kier alpha value is -3.30. The van der Waals surface area contributed by atoms with Gasteiger partial charge in [-0.05, 0) is 50.6 Å². The zero-order valence-corrected chi connectivity index (χ0v) is 20.5. The van der Waals surface area contributed by atoms with Crippen LogP contribution in [0.1, 0.15) is 37.9 Å². The van der Waals surface area contributed by atoms with E-state index >= 15 is 0 Å². The van der Waals surface area contributed by atoms with Gasteiger partial charge < -0.3 is 25.0 Å². The molecule has 9 nitrogen and oxygen atoms in total. The van der Waals surface area contributed by atoms with E-state index in [1.807, 2.05) is 24.3 Å². The van der Waals surface area contributed by atoms with Gasteiger partial charge in [-0.1, -0.05) is 13.3 Å². The topological polar surface area (TPSA) is 97.3 Å². The number of hydrogen-bond donors (Lipinski definition) is 2. The maximum atomic E-state index is 5.67. The molecule has 1 atom stereocenters. The molecule has 0 aliphatic carbocycles. The lowest BCUT2D eigenvalue weighted by atomic mass is 10.0. The molecule has 2 N–H and O–H groups in total. The SMILES string of the molecule is CCCCOc1cncc(Nc2ccc(-c3nc4c(c(N5CCOC[C@@H]5C)n3)CCNC4)cc2)n1. The fourth-order valence-corrected chi connectivity index (χ4v) is 4.40. The van der Waals surface area contributed by atoms with E-state index in [1.54, 1.807) is 12.4 Å². The summed E-state index contributed by atoms with van der Waals surface area (Å²) in [6.07, 6.45) is 6.35. The van der Waals surface area contributed by atoms with Crippen molar-refractivity contribution in [2.45, 2.75) is 45.7 Å². The minimum absolute atomic E-state index is 0.292. The molecule has 1 aromatic carbocycles. The van der Waals surface area contributed by atoms with Crippen molar-refractivity contribution in [3.8, 4) is 17.3 Å². The molecule has 1 fully saturated rings. The third-order valence-electron chi connectivity index (χ3n) is 6.33. The molecular formula is C26H33N7O2. The second-order valence-corrected chi connectivity index (χ2v) is 8.99. The van der Waals surface area contributed by atoms with Gasteiger partial charge in [-0.25, -0.2) is 9.97 Å². The second-order valence-electron chi connectivity index (χ2n) is 8.99. The molecule has 2 aromatic heterocycles.